The third kappa shape index (κ3) is 2.53. The van der Waals surface area contributed by atoms with Crippen molar-refractivity contribution in [1.29, 1.82) is 0 Å². The summed E-state index contributed by atoms with van der Waals surface area (Å²) >= 11 is 0. The number of nitrogen functional groups attached to an aromatic ring is 1. The van der Waals surface area contributed by atoms with Crippen molar-refractivity contribution in [2.75, 3.05) is 31.3 Å². The minimum Gasteiger partial charge on any atom is -0.495 e. The highest BCUT2D eigenvalue weighted by Crippen LogP contribution is 2.29. The highest BCUT2D eigenvalue weighted by molar-refractivity contribution is 5.80. The quantitative estimate of drug-likeness (QED) is 0.727. The van der Waals surface area contributed by atoms with Gasteiger partial charge < -0.3 is 21.1 Å². The van der Waals surface area contributed by atoms with Gasteiger partial charge >= 0.3 is 0 Å². The van der Waals surface area contributed by atoms with Crippen LogP contribution in [0.2, 0.25) is 0 Å². The molecule has 0 aromatic heterocycles. The predicted octanol–water partition coefficient (Wildman–Crippen LogP) is 0.338. The number of benzene rings is 1. The van der Waals surface area contributed by atoms with E-state index in [9.17, 15) is 9.18 Å². The first-order valence-corrected chi connectivity index (χ1v) is 4.58. The number of hydrogen-bond donors (Lipinski definition) is 2. The van der Waals surface area contributed by atoms with Crippen LogP contribution >= 0.6 is 0 Å². The molecule has 88 valence electrons. The van der Waals surface area contributed by atoms with Gasteiger partial charge in [-0.1, -0.05) is 0 Å². The van der Waals surface area contributed by atoms with Crippen LogP contribution in [0.5, 0.6) is 5.75 Å². The number of hydrogen-bond acceptors (Lipinski definition) is 4. The molecule has 0 aliphatic rings. The zero-order valence-electron chi connectivity index (χ0n) is 9.16. The van der Waals surface area contributed by atoms with E-state index < -0.39 is 11.7 Å². The van der Waals surface area contributed by atoms with E-state index in [4.69, 9.17) is 16.2 Å². The fraction of sp³-hybridized carbons (Fsp3) is 0.300. The molecule has 0 spiro atoms. The molecule has 1 aromatic rings. The van der Waals surface area contributed by atoms with Crippen molar-refractivity contribution < 1.29 is 13.9 Å². The Bertz CT molecular complexity index is 409. The minimum atomic E-state index is -0.544. The van der Waals surface area contributed by atoms with E-state index >= 15 is 0 Å². The monoisotopic (exact) mass is 227 g/mol. The molecule has 0 aliphatic carbocycles. The molecule has 1 amide bonds. The van der Waals surface area contributed by atoms with Crippen LogP contribution in [0.4, 0.5) is 15.8 Å². The van der Waals surface area contributed by atoms with Crippen molar-refractivity contribution in [3.05, 3.63) is 17.9 Å². The van der Waals surface area contributed by atoms with Crippen LogP contribution in [-0.2, 0) is 4.79 Å². The van der Waals surface area contributed by atoms with Crippen LogP contribution in [0.3, 0.4) is 0 Å². The fourth-order valence-electron chi connectivity index (χ4n) is 1.35. The second-order valence-corrected chi connectivity index (χ2v) is 3.37. The second-order valence-electron chi connectivity index (χ2n) is 3.37. The maximum atomic E-state index is 13.5. The number of nitrogens with two attached hydrogens (primary N) is 2. The molecule has 0 radical (unpaired) electrons. The maximum Gasteiger partial charge on any atom is 0.236 e. The number of ether oxygens (including phenoxy) is 1. The number of nitrogens with zero attached hydrogens (tertiary/aromatic N) is 1. The number of likely N-dealkylation sites (N-methyl/N-ethyl adjacent to an activating group) is 1. The molecule has 0 bridgehead atoms. The predicted molar refractivity (Wildman–Crippen MR) is 59.8 cm³/mol. The summed E-state index contributed by atoms with van der Waals surface area (Å²) in [4.78, 5) is 12.1. The highest BCUT2D eigenvalue weighted by atomic mass is 19.1. The maximum absolute atomic E-state index is 13.5. The fourth-order valence-corrected chi connectivity index (χ4v) is 1.35. The molecule has 0 fully saturated rings. The molecular formula is C10H14FN3O2. The van der Waals surface area contributed by atoms with Crippen molar-refractivity contribution in [1.82, 2.24) is 0 Å². The van der Waals surface area contributed by atoms with E-state index in [1.165, 1.54) is 18.1 Å². The lowest BCUT2D eigenvalue weighted by atomic mass is 10.2. The summed E-state index contributed by atoms with van der Waals surface area (Å²) in [5.74, 6) is -0.715. The Balaban J connectivity index is 3.08. The van der Waals surface area contributed by atoms with Gasteiger partial charge in [0.1, 0.15) is 11.6 Å². The van der Waals surface area contributed by atoms with Gasteiger partial charge in [-0.05, 0) is 0 Å². The first-order valence-electron chi connectivity index (χ1n) is 4.58. The third-order valence-corrected chi connectivity index (χ3v) is 2.10. The van der Waals surface area contributed by atoms with Gasteiger partial charge in [0.05, 0.1) is 25.0 Å². The van der Waals surface area contributed by atoms with Gasteiger partial charge in [0.2, 0.25) is 5.91 Å². The average Bonchev–Trinajstić information content (AvgIpc) is 2.16. The van der Waals surface area contributed by atoms with Crippen molar-refractivity contribution in [2.24, 2.45) is 5.73 Å². The normalized spacial score (nSPS) is 9.94. The number of amides is 1. The largest absolute Gasteiger partial charge is 0.495 e. The standard InChI is InChI=1S/C10H14FN3O2/c1-14(5-10(13)15)8-4-9(16-2)7(12)3-6(8)11/h3-4H,5,12H2,1-2H3,(H2,13,15). The van der Waals surface area contributed by atoms with Crippen molar-refractivity contribution >= 4 is 17.3 Å². The highest BCUT2D eigenvalue weighted by Gasteiger charge is 2.13. The molecule has 0 heterocycles. The summed E-state index contributed by atoms with van der Waals surface area (Å²) in [6, 6.07) is 2.57. The zero-order valence-corrected chi connectivity index (χ0v) is 9.16. The summed E-state index contributed by atoms with van der Waals surface area (Å²) in [6.07, 6.45) is 0. The molecule has 1 aromatic carbocycles. The first kappa shape index (κ1) is 12.1. The van der Waals surface area contributed by atoms with Crippen molar-refractivity contribution in [3.63, 3.8) is 0 Å². The van der Waals surface area contributed by atoms with E-state index in [2.05, 4.69) is 0 Å². The van der Waals surface area contributed by atoms with Gasteiger partial charge in [-0.2, -0.15) is 0 Å². The lowest BCUT2D eigenvalue weighted by Gasteiger charge is -2.19. The Kier molecular flexibility index (Phi) is 3.55. The number of halogens is 1. The van der Waals surface area contributed by atoms with Gasteiger partial charge in [-0.25, -0.2) is 4.39 Å². The smallest absolute Gasteiger partial charge is 0.236 e. The van der Waals surface area contributed by atoms with Gasteiger partial charge in [0, 0.05) is 19.2 Å². The number of methoxy groups -OCH3 is 1. The van der Waals surface area contributed by atoms with E-state index in [0.29, 0.717) is 5.75 Å². The third-order valence-electron chi connectivity index (χ3n) is 2.10. The lowest BCUT2D eigenvalue weighted by Crippen LogP contribution is -2.31. The Morgan fingerprint density at radius 1 is 1.56 bits per heavy atom. The Labute approximate surface area is 92.8 Å². The molecule has 4 N–H and O–H groups in total. The van der Waals surface area contributed by atoms with Crippen LogP contribution in [0.1, 0.15) is 0 Å². The molecule has 0 atom stereocenters. The summed E-state index contributed by atoms with van der Waals surface area (Å²) in [5, 5.41) is 0. The molecule has 1 rings (SSSR count). The molecule has 0 saturated heterocycles. The van der Waals surface area contributed by atoms with Crippen LogP contribution in [0.25, 0.3) is 0 Å². The van der Waals surface area contributed by atoms with E-state index in [-0.39, 0.29) is 17.9 Å². The summed E-state index contributed by atoms with van der Waals surface area (Å²) in [7, 11) is 2.99. The molecule has 6 heteroatoms. The van der Waals surface area contributed by atoms with Gasteiger partial charge in [-0.15, -0.1) is 0 Å². The summed E-state index contributed by atoms with van der Waals surface area (Å²) in [5.41, 5.74) is 11.0. The second kappa shape index (κ2) is 4.69. The van der Waals surface area contributed by atoms with Gasteiger partial charge in [0.15, 0.2) is 0 Å². The van der Waals surface area contributed by atoms with Crippen molar-refractivity contribution in [3.8, 4) is 5.75 Å². The average molecular weight is 227 g/mol. The van der Waals surface area contributed by atoms with Crippen molar-refractivity contribution in [2.45, 2.75) is 0 Å². The molecule has 16 heavy (non-hydrogen) atoms. The van der Waals surface area contributed by atoms with E-state index in [1.54, 1.807) is 7.05 Å². The Hall–Kier alpha value is -1.98. The van der Waals surface area contributed by atoms with Crippen LogP contribution in [0, 0.1) is 5.82 Å². The summed E-state index contributed by atoms with van der Waals surface area (Å²) in [6.45, 7) is -0.0794. The van der Waals surface area contributed by atoms with E-state index in [0.717, 1.165) is 6.07 Å². The number of rotatable bonds is 4. The number of carbonyl (C=O) groups excluding carboxylic acids is 1. The molecule has 0 aliphatic heterocycles. The Morgan fingerprint density at radius 3 is 2.69 bits per heavy atom. The first-order chi connectivity index (χ1) is 7.45. The molecule has 0 saturated carbocycles. The number of anilines is 2. The molecule has 0 unspecified atom stereocenters. The van der Waals surface area contributed by atoms with Crippen LogP contribution in [-0.4, -0.2) is 26.6 Å². The Morgan fingerprint density at radius 2 is 2.19 bits per heavy atom. The SMILES string of the molecule is COc1cc(N(C)CC(N)=O)c(F)cc1N. The van der Waals surface area contributed by atoms with Crippen LogP contribution < -0.4 is 21.1 Å². The van der Waals surface area contributed by atoms with Gasteiger partial charge in [-0.3, -0.25) is 4.79 Å². The minimum absolute atomic E-state index is 0.0794. The van der Waals surface area contributed by atoms with Gasteiger partial charge in [0.25, 0.3) is 0 Å². The zero-order chi connectivity index (χ0) is 12.3. The number of carbonyl (C=O) groups is 1. The molecular weight excluding hydrogens is 213 g/mol. The van der Waals surface area contributed by atoms with Crippen LogP contribution in [0.15, 0.2) is 12.1 Å². The molecule has 5 nitrogen and oxygen atoms in total. The summed E-state index contributed by atoms with van der Waals surface area (Å²) < 4.78 is 18.5. The van der Waals surface area contributed by atoms with E-state index in [1.807, 2.05) is 0 Å². The lowest BCUT2D eigenvalue weighted by molar-refractivity contribution is -0.116. The topological polar surface area (TPSA) is 81.6 Å². The number of primary amides is 1.